The summed E-state index contributed by atoms with van der Waals surface area (Å²) < 4.78 is 13.6. The molecule has 2 aliphatic rings. The Hall–Kier alpha value is -3.15. The molecule has 29 heavy (non-hydrogen) atoms. The topological polar surface area (TPSA) is 56.4 Å². The van der Waals surface area contributed by atoms with Gasteiger partial charge >= 0.3 is 6.03 Å². The maximum absolute atomic E-state index is 13.6. The third kappa shape index (κ3) is 2.66. The molecule has 1 saturated heterocycles. The van der Waals surface area contributed by atoms with Gasteiger partial charge in [0.25, 0.3) is 5.91 Å². The van der Waals surface area contributed by atoms with Crippen LogP contribution < -0.4 is 0 Å². The van der Waals surface area contributed by atoms with Crippen molar-refractivity contribution in [3.05, 3.63) is 71.2 Å². The summed E-state index contributed by atoms with van der Waals surface area (Å²) in [6, 6.07) is 12.9. The van der Waals surface area contributed by atoms with Gasteiger partial charge in [-0.25, -0.2) is 9.18 Å². The van der Waals surface area contributed by atoms with Crippen molar-refractivity contribution < 1.29 is 14.0 Å². The third-order valence-electron chi connectivity index (χ3n) is 6.06. The van der Waals surface area contributed by atoms with E-state index in [4.69, 9.17) is 0 Å². The lowest BCUT2D eigenvalue weighted by Gasteiger charge is -2.36. The highest BCUT2D eigenvalue weighted by Crippen LogP contribution is 2.43. The van der Waals surface area contributed by atoms with Crippen LogP contribution in [0, 0.1) is 5.82 Å². The molecular weight excluding hydrogens is 369 g/mol. The van der Waals surface area contributed by atoms with E-state index < -0.39 is 12.1 Å². The number of amides is 3. The van der Waals surface area contributed by atoms with E-state index in [1.165, 1.54) is 17.0 Å². The number of hydrogen-bond donors (Lipinski definition) is 1. The van der Waals surface area contributed by atoms with Gasteiger partial charge in [0.2, 0.25) is 0 Å². The molecule has 1 N–H and O–H groups in total. The zero-order valence-corrected chi connectivity index (χ0v) is 16.2. The van der Waals surface area contributed by atoms with Crippen LogP contribution in [0.4, 0.5) is 9.18 Å². The molecule has 1 aromatic heterocycles. The molecule has 0 bridgehead atoms. The first kappa shape index (κ1) is 17.9. The predicted molar refractivity (Wildman–Crippen MR) is 108 cm³/mol. The average molecular weight is 391 g/mol. The van der Waals surface area contributed by atoms with Crippen LogP contribution in [0.2, 0.25) is 0 Å². The number of rotatable bonds is 4. The van der Waals surface area contributed by atoms with Crippen molar-refractivity contribution in [1.82, 2.24) is 14.8 Å². The standard InChI is InChI=1S/C23H22FN3O2/c1-2-3-12-26-22(28)19-13-17-16-6-4-5-7-18(16)25-20(17)21(27(19)23(26)29)14-8-10-15(24)11-9-14/h4-11,19,21,25H,2-3,12-13H2,1H3/t19-,21+/m1/s1. The molecule has 3 aromatic rings. The van der Waals surface area contributed by atoms with Gasteiger partial charge in [-0.2, -0.15) is 0 Å². The van der Waals surface area contributed by atoms with Crippen LogP contribution in [0.15, 0.2) is 48.5 Å². The molecule has 3 amide bonds. The number of aromatic nitrogens is 1. The number of benzene rings is 2. The van der Waals surface area contributed by atoms with Crippen LogP contribution in [0.5, 0.6) is 0 Å². The molecule has 0 unspecified atom stereocenters. The lowest BCUT2D eigenvalue weighted by Crippen LogP contribution is -2.44. The number of nitrogens with zero attached hydrogens (tertiary/aromatic N) is 2. The van der Waals surface area contributed by atoms with Gasteiger partial charge in [-0.3, -0.25) is 14.6 Å². The van der Waals surface area contributed by atoms with E-state index in [2.05, 4.69) is 4.98 Å². The van der Waals surface area contributed by atoms with Crippen LogP contribution in [-0.2, 0) is 11.2 Å². The number of unbranched alkanes of at least 4 members (excludes halogenated alkanes) is 1. The summed E-state index contributed by atoms with van der Waals surface area (Å²) in [6.07, 6.45) is 2.19. The monoisotopic (exact) mass is 391 g/mol. The number of imide groups is 1. The van der Waals surface area contributed by atoms with Gasteiger partial charge in [0.1, 0.15) is 17.9 Å². The molecule has 3 heterocycles. The number of halogens is 1. The molecule has 2 atom stereocenters. The fourth-order valence-corrected chi connectivity index (χ4v) is 4.64. The minimum atomic E-state index is -0.527. The lowest BCUT2D eigenvalue weighted by atomic mass is 9.89. The Morgan fingerprint density at radius 1 is 1.10 bits per heavy atom. The maximum Gasteiger partial charge on any atom is 0.328 e. The molecule has 0 spiro atoms. The van der Waals surface area contributed by atoms with Gasteiger partial charge in [-0.15, -0.1) is 0 Å². The number of para-hydroxylation sites is 1. The summed E-state index contributed by atoms with van der Waals surface area (Å²) in [7, 11) is 0. The second kappa shape index (κ2) is 6.72. The van der Waals surface area contributed by atoms with Crippen molar-refractivity contribution in [2.45, 2.75) is 38.3 Å². The Morgan fingerprint density at radius 2 is 1.86 bits per heavy atom. The Morgan fingerprint density at radius 3 is 2.62 bits per heavy atom. The molecule has 0 aliphatic carbocycles. The number of H-pyrrole nitrogens is 1. The number of nitrogens with one attached hydrogen (secondary N) is 1. The van der Waals surface area contributed by atoms with E-state index in [1.807, 2.05) is 31.2 Å². The summed E-state index contributed by atoms with van der Waals surface area (Å²) in [5.41, 5.74) is 3.75. The predicted octanol–water partition coefficient (Wildman–Crippen LogP) is 4.39. The zero-order chi connectivity index (χ0) is 20.1. The van der Waals surface area contributed by atoms with Gasteiger partial charge in [-0.1, -0.05) is 43.7 Å². The van der Waals surface area contributed by atoms with E-state index in [0.717, 1.165) is 40.6 Å². The molecule has 2 aliphatic heterocycles. The highest BCUT2D eigenvalue weighted by atomic mass is 19.1. The van der Waals surface area contributed by atoms with Gasteiger partial charge < -0.3 is 4.98 Å². The largest absolute Gasteiger partial charge is 0.356 e. The number of aromatic amines is 1. The minimum absolute atomic E-state index is 0.133. The molecule has 148 valence electrons. The van der Waals surface area contributed by atoms with Crippen LogP contribution in [0.25, 0.3) is 10.9 Å². The second-order valence-electron chi connectivity index (χ2n) is 7.77. The lowest BCUT2D eigenvalue weighted by molar-refractivity contribution is -0.128. The molecular formula is C23H22FN3O2. The van der Waals surface area contributed by atoms with Crippen molar-refractivity contribution in [1.29, 1.82) is 0 Å². The van der Waals surface area contributed by atoms with E-state index in [1.54, 1.807) is 17.0 Å². The number of carbonyl (C=O) groups is 2. The quantitative estimate of drug-likeness (QED) is 0.671. The van der Waals surface area contributed by atoms with Crippen LogP contribution in [0.3, 0.4) is 0 Å². The fraction of sp³-hybridized carbons (Fsp3) is 0.304. The number of hydrogen-bond acceptors (Lipinski definition) is 2. The summed E-state index contributed by atoms with van der Waals surface area (Å²) in [6.45, 7) is 2.47. The smallest absolute Gasteiger partial charge is 0.328 e. The zero-order valence-electron chi connectivity index (χ0n) is 16.2. The van der Waals surface area contributed by atoms with Crippen molar-refractivity contribution >= 4 is 22.8 Å². The first-order chi connectivity index (χ1) is 14.1. The molecule has 0 radical (unpaired) electrons. The maximum atomic E-state index is 13.6. The van der Waals surface area contributed by atoms with Gasteiger partial charge in [0, 0.05) is 29.6 Å². The van der Waals surface area contributed by atoms with Crippen LogP contribution >= 0.6 is 0 Å². The van der Waals surface area contributed by atoms with E-state index in [-0.39, 0.29) is 17.8 Å². The Kier molecular flexibility index (Phi) is 4.15. The van der Waals surface area contributed by atoms with Crippen LogP contribution in [-0.4, -0.2) is 39.3 Å². The minimum Gasteiger partial charge on any atom is -0.356 e. The molecule has 6 heteroatoms. The highest BCUT2D eigenvalue weighted by molar-refractivity contribution is 6.05. The first-order valence-corrected chi connectivity index (χ1v) is 10.1. The highest BCUT2D eigenvalue weighted by Gasteiger charge is 2.52. The van der Waals surface area contributed by atoms with Gasteiger partial charge in [0.05, 0.1) is 0 Å². The number of carbonyl (C=O) groups excluding carboxylic acids is 2. The van der Waals surface area contributed by atoms with E-state index in [0.29, 0.717) is 13.0 Å². The first-order valence-electron chi connectivity index (χ1n) is 10.1. The number of fused-ring (bicyclic) bond motifs is 4. The molecule has 5 nitrogen and oxygen atoms in total. The second-order valence-corrected chi connectivity index (χ2v) is 7.77. The third-order valence-corrected chi connectivity index (χ3v) is 6.06. The normalized spacial score (nSPS) is 21.0. The van der Waals surface area contributed by atoms with Crippen molar-refractivity contribution in [3.63, 3.8) is 0 Å². The van der Waals surface area contributed by atoms with Gasteiger partial charge in [0.15, 0.2) is 0 Å². The average Bonchev–Trinajstić information content (AvgIpc) is 3.21. The van der Waals surface area contributed by atoms with Crippen molar-refractivity contribution in [2.75, 3.05) is 6.54 Å². The van der Waals surface area contributed by atoms with E-state index >= 15 is 0 Å². The molecule has 2 aromatic carbocycles. The fourth-order valence-electron chi connectivity index (χ4n) is 4.64. The summed E-state index contributed by atoms with van der Waals surface area (Å²) >= 11 is 0. The molecule has 0 saturated carbocycles. The Bertz CT molecular complexity index is 1110. The molecule has 5 rings (SSSR count). The van der Waals surface area contributed by atoms with Gasteiger partial charge in [-0.05, 0) is 35.7 Å². The summed E-state index contributed by atoms with van der Waals surface area (Å²) in [5.74, 6) is -0.460. The van der Waals surface area contributed by atoms with Crippen LogP contribution in [0.1, 0.15) is 42.6 Å². The van der Waals surface area contributed by atoms with Crippen molar-refractivity contribution in [2.24, 2.45) is 0 Å². The van der Waals surface area contributed by atoms with Crippen molar-refractivity contribution in [3.8, 4) is 0 Å². The Balaban J connectivity index is 1.68. The summed E-state index contributed by atoms with van der Waals surface area (Å²) in [5, 5.41) is 1.07. The molecule has 1 fully saturated rings. The summed E-state index contributed by atoms with van der Waals surface area (Å²) in [4.78, 5) is 33.0. The Labute approximate surface area is 168 Å². The van der Waals surface area contributed by atoms with E-state index in [9.17, 15) is 14.0 Å². The number of urea groups is 1. The SMILES string of the molecule is CCCCN1C(=O)[C@H]2Cc3c([nH]c4ccccc34)[C@H](c3ccc(F)cc3)N2C1=O.